The normalized spacial score (nSPS) is 15.1. The van der Waals surface area contributed by atoms with Crippen LogP contribution in [0.25, 0.3) is 0 Å². The van der Waals surface area contributed by atoms with E-state index in [0.29, 0.717) is 0 Å². The lowest BCUT2D eigenvalue weighted by Gasteiger charge is -2.27. The van der Waals surface area contributed by atoms with Gasteiger partial charge in [-0.15, -0.1) is 0 Å². The molecule has 0 aliphatic rings. The molecule has 0 heterocycles. The minimum atomic E-state index is -0.836. The molecular formula is C12H16BrF2NO. The van der Waals surface area contributed by atoms with Gasteiger partial charge >= 0.3 is 0 Å². The first-order valence-electron chi connectivity index (χ1n) is 5.31. The summed E-state index contributed by atoms with van der Waals surface area (Å²) in [5, 5.41) is 0. The Hall–Kier alpha value is -0.520. The van der Waals surface area contributed by atoms with Crippen LogP contribution < -0.4 is 5.73 Å². The summed E-state index contributed by atoms with van der Waals surface area (Å²) >= 11 is 3.02. The van der Waals surface area contributed by atoms with Gasteiger partial charge in [-0.05, 0) is 34.0 Å². The Bertz CT molecular complexity index is 398. The van der Waals surface area contributed by atoms with Crippen molar-refractivity contribution >= 4 is 15.9 Å². The van der Waals surface area contributed by atoms with E-state index < -0.39 is 23.8 Å². The highest BCUT2D eigenvalue weighted by molar-refractivity contribution is 9.10. The first kappa shape index (κ1) is 14.5. The lowest BCUT2D eigenvalue weighted by molar-refractivity contribution is 0.0418. The summed E-state index contributed by atoms with van der Waals surface area (Å²) in [5.74, 6) is -1.26. The zero-order valence-corrected chi connectivity index (χ0v) is 11.6. The molecule has 0 spiro atoms. The molecule has 17 heavy (non-hydrogen) atoms. The SMILES string of the molecule is COC(C(C)C)C(N)c1c(F)ccc(Br)c1F. The Morgan fingerprint density at radius 2 is 1.88 bits per heavy atom. The summed E-state index contributed by atoms with van der Waals surface area (Å²) in [6.07, 6.45) is -0.437. The minimum absolute atomic E-state index is 0.0628. The Morgan fingerprint density at radius 3 is 2.35 bits per heavy atom. The molecule has 0 amide bonds. The third-order valence-corrected chi connectivity index (χ3v) is 3.31. The van der Waals surface area contributed by atoms with Gasteiger partial charge in [0.2, 0.25) is 0 Å². The van der Waals surface area contributed by atoms with E-state index in [1.807, 2.05) is 13.8 Å². The zero-order chi connectivity index (χ0) is 13.2. The van der Waals surface area contributed by atoms with E-state index in [-0.39, 0.29) is 16.0 Å². The van der Waals surface area contributed by atoms with Crippen LogP contribution in [0.15, 0.2) is 16.6 Å². The number of hydrogen-bond donors (Lipinski definition) is 1. The monoisotopic (exact) mass is 307 g/mol. The molecule has 96 valence electrons. The van der Waals surface area contributed by atoms with Gasteiger partial charge in [-0.1, -0.05) is 13.8 Å². The molecule has 0 bridgehead atoms. The Labute approximate surface area is 108 Å². The van der Waals surface area contributed by atoms with E-state index in [9.17, 15) is 8.78 Å². The third kappa shape index (κ3) is 3.03. The van der Waals surface area contributed by atoms with Crippen molar-refractivity contribution in [1.29, 1.82) is 0 Å². The van der Waals surface area contributed by atoms with Gasteiger partial charge in [-0.2, -0.15) is 0 Å². The number of rotatable bonds is 4. The van der Waals surface area contributed by atoms with Crippen molar-refractivity contribution in [3.63, 3.8) is 0 Å². The number of halogens is 3. The van der Waals surface area contributed by atoms with Gasteiger partial charge in [0.15, 0.2) is 0 Å². The molecule has 1 aromatic carbocycles. The van der Waals surface area contributed by atoms with Crippen LogP contribution in [0.4, 0.5) is 8.78 Å². The van der Waals surface area contributed by atoms with Gasteiger partial charge in [0.25, 0.3) is 0 Å². The van der Waals surface area contributed by atoms with Crippen LogP contribution in [0.3, 0.4) is 0 Å². The molecule has 1 aromatic rings. The zero-order valence-electron chi connectivity index (χ0n) is 10.0. The smallest absolute Gasteiger partial charge is 0.145 e. The van der Waals surface area contributed by atoms with E-state index in [1.165, 1.54) is 19.2 Å². The summed E-state index contributed by atoms with van der Waals surface area (Å²) in [7, 11) is 1.48. The van der Waals surface area contributed by atoms with Crippen molar-refractivity contribution < 1.29 is 13.5 Å². The summed E-state index contributed by atoms with van der Waals surface area (Å²) in [6.45, 7) is 3.78. The molecule has 0 saturated heterocycles. The molecular weight excluding hydrogens is 292 g/mol. The van der Waals surface area contributed by atoms with Gasteiger partial charge in [0.1, 0.15) is 11.6 Å². The molecule has 0 aliphatic heterocycles. The van der Waals surface area contributed by atoms with Crippen molar-refractivity contribution in [2.24, 2.45) is 11.7 Å². The molecule has 0 fully saturated rings. The van der Waals surface area contributed by atoms with Crippen LogP contribution in [0.1, 0.15) is 25.5 Å². The maximum Gasteiger partial charge on any atom is 0.145 e. The van der Waals surface area contributed by atoms with Gasteiger partial charge in [0, 0.05) is 12.7 Å². The Kier molecular flexibility index (Phi) is 5.04. The molecule has 0 aromatic heterocycles. The maximum atomic E-state index is 13.9. The number of hydrogen-bond acceptors (Lipinski definition) is 2. The number of benzene rings is 1. The second-order valence-corrected chi connectivity index (χ2v) is 5.08. The lowest BCUT2D eigenvalue weighted by Crippen LogP contribution is -2.33. The van der Waals surface area contributed by atoms with Crippen LogP contribution in [-0.2, 0) is 4.74 Å². The van der Waals surface area contributed by atoms with Gasteiger partial charge in [-0.3, -0.25) is 0 Å². The Balaban J connectivity index is 3.19. The number of nitrogens with two attached hydrogens (primary N) is 1. The molecule has 5 heteroatoms. The highest BCUT2D eigenvalue weighted by Gasteiger charge is 2.28. The van der Waals surface area contributed by atoms with Crippen molar-refractivity contribution in [1.82, 2.24) is 0 Å². The first-order chi connectivity index (χ1) is 7.90. The van der Waals surface area contributed by atoms with Crippen LogP contribution in [-0.4, -0.2) is 13.2 Å². The molecule has 2 atom stereocenters. The minimum Gasteiger partial charge on any atom is -0.379 e. The van der Waals surface area contributed by atoms with E-state index in [4.69, 9.17) is 10.5 Å². The van der Waals surface area contributed by atoms with E-state index in [2.05, 4.69) is 15.9 Å². The van der Waals surface area contributed by atoms with Gasteiger partial charge < -0.3 is 10.5 Å². The second-order valence-electron chi connectivity index (χ2n) is 4.23. The van der Waals surface area contributed by atoms with E-state index in [0.717, 1.165) is 0 Å². The average molecular weight is 308 g/mol. The second kappa shape index (κ2) is 5.89. The van der Waals surface area contributed by atoms with Crippen molar-refractivity contribution in [3.8, 4) is 0 Å². The van der Waals surface area contributed by atoms with Crippen LogP contribution in [0.5, 0.6) is 0 Å². The number of ether oxygens (including phenoxy) is 1. The van der Waals surface area contributed by atoms with E-state index >= 15 is 0 Å². The molecule has 1 rings (SSSR count). The van der Waals surface area contributed by atoms with Crippen molar-refractivity contribution in [3.05, 3.63) is 33.8 Å². The standard InChI is InChI=1S/C12H16BrF2NO/c1-6(2)12(17-3)11(16)9-8(14)5-4-7(13)10(9)15/h4-6,11-12H,16H2,1-3H3. The van der Waals surface area contributed by atoms with Crippen LogP contribution >= 0.6 is 15.9 Å². The molecule has 2 nitrogen and oxygen atoms in total. The highest BCUT2D eigenvalue weighted by atomic mass is 79.9. The van der Waals surface area contributed by atoms with Crippen LogP contribution in [0.2, 0.25) is 0 Å². The summed E-state index contributed by atoms with van der Waals surface area (Å²) in [6, 6.07) is 1.67. The lowest BCUT2D eigenvalue weighted by atomic mass is 9.93. The number of methoxy groups -OCH3 is 1. The predicted molar refractivity (Wildman–Crippen MR) is 66.6 cm³/mol. The van der Waals surface area contributed by atoms with Crippen molar-refractivity contribution in [2.75, 3.05) is 7.11 Å². The Morgan fingerprint density at radius 1 is 1.29 bits per heavy atom. The van der Waals surface area contributed by atoms with E-state index in [1.54, 1.807) is 0 Å². The molecule has 2 N–H and O–H groups in total. The molecule has 2 unspecified atom stereocenters. The molecule has 0 saturated carbocycles. The molecule has 0 radical (unpaired) electrons. The summed E-state index contributed by atoms with van der Waals surface area (Å²) in [4.78, 5) is 0. The maximum absolute atomic E-state index is 13.9. The summed E-state index contributed by atoms with van der Waals surface area (Å²) < 4.78 is 32.9. The topological polar surface area (TPSA) is 35.2 Å². The first-order valence-corrected chi connectivity index (χ1v) is 6.11. The van der Waals surface area contributed by atoms with Gasteiger partial charge in [-0.25, -0.2) is 8.78 Å². The fraction of sp³-hybridized carbons (Fsp3) is 0.500. The predicted octanol–water partition coefficient (Wildman–Crippen LogP) is 3.40. The van der Waals surface area contributed by atoms with Gasteiger partial charge in [0.05, 0.1) is 16.6 Å². The molecule has 0 aliphatic carbocycles. The quantitative estimate of drug-likeness (QED) is 0.865. The van der Waals surface area contributed by atoms with Crippen LogP contribution in [0, 0.1) is 17.6 Å². The highest BCUT2D eigenvalue weighted by Crippen LogP contribution is 2.30. The largest absolute Gasteiger partial charge is 0.379 e. The fourth-order valence-electron chi connectivity index (χ4n) is 1.85. The third-order valence-electron chi connectivity index (χ3n) is 2.70. The van der Waals surface area contributed by atoms with Crippen molar-refractivity contribution in [2.45, 2.75) is 26.0 Å². The fourth-order valence-corrected chi connectivity index (χ4v) is 2.19. The summed E-state index contributed by atoms with van der Waals surface area (Å²) in [5.41, 5.74) is 5.76. The average Bonchev–Trinajstić information content (AvgIpc) is 2.24.